The summed E-state index contributed by atoms with van der Waals surface area (Å²) in [5.41, 5.74) is 0. The molecule has 2 aromatic rings. The molecule has 104 valence electrons. The molecule has 2 heterocycles. The van der Waals surface area contributed by atoms with E-state index >= 15 is 0 Å². The zero-order chi connectivity index (χ0) is 13.7. The Hall–Kier alpha value is -1.06. The van der Waals surface area contributed by atoms with E-state index in [-0.39, 0.29) is 0 Å². The van der Waals surface area contributed by atoms with Crippen molar-refractivity contribution in [1.82, 2.24) is 5.32 Å². The number of aryl methyl sites for hydroxylation is 1. The molecular weight excluding hydrogens is 254 g/mol. The van der Waals surface area contributed by atoms with Gasteiger partial charge < -0.3 is 9.73 Å². The van der Waals surface area contributed by atoms with Gasteiger partial charge in [0.05, 0.1) is 6.26 Å². The van der Waals surface area contributed by atoms with Gasteiger partial charge in [-0.15, -0.1) is 11.3 Å². The fraction of sp³-hybridized carbons (Fsp3) is 0.500. The smallest absolute Gasteiger partial charge is 0.103 e. The zero-order valence-corrected chi connectivity index (χ0v) is 12.7. The fourth-order valence-corrected chi connectivity index (χ4v) is 3.23. The predicted molar refractivity (Wildman–Crippen MR) is 81.5 cm³/mol. The Kier molecular flexibility index (Phi) is 5.23. The third-order valence-corrected chi connectivity index (χ3v) is 4.34. The van der Waals surface area contributed by atoms with E-state index in [0.717, 1.165) is 18.6 Å². The molecule has 0 saturated carbocycles. The summed E-state index contributed by atoms with van der Waals surface area (Å²) in [6.45, 7) is 6.80. The van der Waals surface area contributed by atoms with Gasteiger partial charge in [0.25, 0.3) is 0 Å². The number of hydrogen-bond acceptors (Lipinski definition) is 3. The van der Waals surface area contributed by atoms with Gasteiger partial charge in [0.15, 0.2) is 0 Å². The average Bonchev–Trinajstić information content (AvgIpc) is 3.05. The van der Waals surface area contributed by atoms with Gasteiger partial charge in [0.1, 0.15) is 5.76 Å². The number of furan rings is 1. The van der Waals surface area contributed by atoms with E-state index in [4.69, 9.17) is 4.42 Å². The van der Waals surface area contributed by atoms with Crippen molar-refractivity contribution in [2.45, 2.75) is 45.7 Å². The molecule has 2 nitrogen and oxygen atoms in total. The molecule has 2 rings (SSSR count). The van der Waals surface area contributed by atoms with Gasteiger partial charge in [-0.1, -0.05) is 19.9 Å². The summed E-state index contributed by atoms with van der Waals surface area (Å²) in [7, 11) is 0. The normalized spacial score (nSPS) is 14.7. The molecule has 0 spiro atoms. The van der Waals surface area contributed by atoms with Crippen LogP contribution in [0.5, 0.6) is 0 Å². The largest absolute Gasteiger partial charge is 0.469 e. The van der Waals surface area contributed by atoms with Crippen molar-refractivity contribution in [1.29, 1.82) is 0 Å². The van der Waals surface area contributed by atoms with E-state index in [2.05, 4.69) is 43.6 Å². The predicted octanol–water partition coefficient (Wildman–Crippen LogP) is 4.65. The maximum absolute atomic E-state index is 5.38. The van der Waals surface area contributed by atoms with Gasteiger partial charge in [0.2, 0.25) is 0 Å². The van der Waals surface area contributed by atoms with Gasteiger partial charge in [0, 0.05) is 23.4 Å². The lowest BCUT2D eigenvalue weighted by Crippen LogP contribution is -2.33. The Bertz CT molecular complexity index is 447. The highest BCUT2D eigenvalue weighted by atomic mass is 32.1. The van der Waals surface area contributed by atoms with Gasteiger partial charge in [-0.3, -0.25) is 0 Å². The van der Waals surface area contributed by atoms with E-state index in [1.165, 1.54) is 4.88 Å². The SMILES string of the molecule is CC(CCc1ccco1)NC(c1cccs1)C(C)C. The van der Waals surface area contributed by atoms with E-state index < -0.39 is 0 Å². The Labute approximate surface area is 119 Å². The van der Waals surface area contributed by atoms with E-state index in [1.54, 1.807) is 6.26 Å². The first kappa shape index (κ1) is 14.4. The van der Waals surface area contributed by atoms with Crippen LogP contribution in [0.4, 0.5) is 0 Å². The first-order chi connectivity index (χ1) is 9.16. The molecule has 2 aromatic heterocycles. The fourth-order valence-electron chi connectivity index (χ4n) is 2.27. The number of hydrogen-bond donors (Lipinski definition) is 1. The second-order valence-electron chi connectivity index (χ2n) is 5.42. The average molecular weight is 277 g/mol. The third-order valence-electron chi connectivity index (χ3n) is 3.38. The standard InChI is InChI=1S/C16H23NOS/c1-12(2)16(15-7-5-11-19-15)17-13(3)8-9-14-6-4-10-18-14/h4-7,10-13,16-17H,8-9H2,1-3H3. The Morgan fingerprint density at radius 3 is 2.63 bits per heavy atom. The quantitative estimate of drug-likeness (QED) is 0.797. The molecule has 2 atom stereocenters. The zero-order valence-electron chi connectivity index (χ0n) is 11.9. The van der Waals surface area contributed by atoms with Crippen molar-refractivity contribution in [3.8, 4) is 0 Å². The van der Waals surface area contributed by atoms with Crippen LogP contribution >= 0.6 is 11.3 Å². The highest BCUT2D eigenvalue weighted by Gasteiger charge is 2.18. The van der Waals surface area contributed by atoms with E-state index in [9.17, 15) is 0 Å². The summed E-state index contributed by atoms with van der Waals surface area (Å²) in [6.07, 6.45) is 3.84. The first-order valence-corrected chi connectivity index (χ1v) is 7.86. The van der Waals surface area contributed by atoms with E-state index in [0.29, 0.717) is 18.0 Å². The summed E-state index contributed by atoms with van der Waals surface area (Å²) < 4.78 is 5.38. The van der Waals surface area contributed by atoms with E-state index in [1.807, 2.05) is 23.5 Å². The van der Waals surface area contributed by atoms with Crippen LogP contribution in [0.1, 0.15) is 43.9 Å². The number of nitrogens with one attached hydrogen (secondary N) is 1. The second kappa shape index (κ2) is 6.92. The molecule has 0 aliphatic rings. The van der Waals surface area contributed by atoms with Gasteiger partial charge in [-0.2, -0.15) is 0 Å². The summed E-state index contributed by atoms with van der Waals surface area (Å²) in [5, 5.41) is 5.90. The van der Waals surface area contributed by atoms with Crippen molar-refractivity contribution in [2.24, 2.45) is 5.92 Å². The lowest BCUT2D eigenvalue weighted by atomic mass is 10.0. The molecular formula is C16H23NOS. The molecule has 0 amide bonds. The Morgan fingerprint density at radius 1 is 1.21 bits per heavy atom. The highest BCUT2D eigenvalue weighted by molar-refractivity contribution is 7.10. The van der Waals surface area contributed by atoms with Crippen LogP contribution in [-0.2, 0) is 6.42 Å². The lowest BCUT2D eigenvalue weighted by molar-refractivity contribution is 0.358. The van der Waals surface area contributed by atoms with Crippen LogP contribution in [0.25, 0.3) is 0 Å². The summed E-state index contributed by atoms with van der Waals surface area (Å²) >= 11 is 1.84. The molecule has 0 aliphatic carbocycles. The molecule has 0 fully saturated rings. The van der Waals surface area contributed by atoms with Gasteiger partial charge >= 0.3 is 0 Å². The molecule has 0 aliphatic heterocycles. The maximum atomic E-state index is 5.38. The molecule has 3 heteroatoms. The summed E-state index contributed by atoms with van der Waals surface area (Å²) in [6, 6.07) is 9.29. The first-order valence-electron chi connectivity index (χ1n) is 6.98. The van der Waals surface area contributed by atoms with Gasteiger partial charge in [-0.25, -0.2) is 0 Å². The minimum Gasteiger partial charge on any atom is -0.469 e. The van der Waals surface area contributed by atoms with Crippen LogP contribution < -0.4 is 5.32 Å². The van der Waals surface area contributed by atoms with Crippen LogP contribution in [-0.4, -0.2) is 6.04 Å². The minimum atomic E-state index is 0.451. The molecule has 0 aromatic carbocycles. The number of thiophene rings is 1. The molecule has 0 bridgehead atoms. The van der Waals surface area contributed by atoms with Crippen molar-refractivity contribution < 1.29 is 4.42 Å². The monoisotopic (exact) mass is 277 g/mol. The molecule has 0 radical (unpaired) electrons. The topological polar surface area (TPSA) is 25.2 Å². The molecule has 19 heavy (non-hydrogen) atoms. The molecule has 0 saturated heterocycles. The van der Waals surface area contributed by atoms with Crippen molar-refractivity contribution >= 4 is 11.3 Å². The Balaban J connectivity index is 1.87. The van der Waals surface area contributed by atoms with Crippen LogP contribution in [0, 0.1) is 5.92 Å². The Morgan fingerprint density at radius 2 is 2.05 bits per heavy atom. The highest BCUT2D eigenvalue weighted by Crippen LogP contribution is 2.26. The van der Waals surface area contributed by atoms with Crippen molar-refractivity contribution in [3.05, 3.63) is 46.5 Å². The van der Waals surface area contributed by atoms with Crippen LogP contribution in [0.3, 0.4) is 0 Å². The second-order valence-corrected chi connectivity index (χ2v) is 6.40. The lowest BCUT2D eigenvalue weighted by Gasteiger charge is -2.25. The summed E-state index contributed by atoms with van der Waals surface area (Å²) in [4.78, 5) is 1.43. The van der Waals surface area contributed by atoms with Crippen molar-refractivity contribution in [2.75, 3.05) is 0 Å². The summed E-state index contributed by atoms with van der Waals surface area (Å²) in [5.74, 6) is 1.68. The van der Waals surface area contributed by atoms with Crippen LogP contribution in [0.2, 0.25) is 0 Å². The van der Waals surface area contributed by atoms with Crippen LogP contribution in [0.15, 0.2) is 40.3 Å². The minimum absolute atomic E-state index is 0.451. The number of rotatable bonds is 7. The molecule has 1 N–H and O–H groups in total. The maximum Gasteiger partial charge on any atom is 0.103 e. The molecule has 2 unspecified atom stereocenters. The van der Waals surface area contributed by atoms with Gasteiger partial charge in [-0.05, 0) is 42.8 Å². The third kappa shape index (κ3) is 4.22. The van der Waals surface area contributed by atoms with Crippen molar-refractivity contribution in [3.63, 3.8) is 0 Å².